The van der Waals surface area contributed by atoms with E-state index in [1.165, 1.54) is 18.2 Å². The molecule has 0 radical (unpaired) electrons. The quantitative estimate of drug-likeness (QED) is 0.677. The van der Waals surface area contributed by atoms with Crippen LogP contribution in [0.4, 0.5) is 13.2 Å². The van der Waals surface area contributed by atoms with Gasteiger partial charge in [-0.3, -0.25) is 0 Å². The van der Waals surface area contributed by atoms with Crippen molar-refractivity contribution < 1.29 is 13.2 Å². The predicted octanol–water partition coefficient (Wildman–Crippen LogP) is 5.05. The Hall–Kier alpha value is -1.48. The number of alkyl halides is 1. The van der Waals surface area contributed by atoms with Gasteiger partial charge in [0.2, 0.25) is 0 Å². The van der Waals surface area contributed by atoms with Crippen LogP contribution in [0, 0.1) is 31.3 Å². The first-order valence-corrected chi connectivity index (χ1v) is 6.19. The van der Waals surface area contributed by atoms with Crippen LogP contribution in [-0.4, -0.2) is 0 Å². The smallest absolute Gasteiger partial charge is 0.159 e. The van der Waals surface area contributed by atoms with Crippen molar-refractivity contribution in [1.29, 1.82) is 0 Å². The van der Waals surface area contributed by atoms with Crippen LogP contribution < -0.4 is 0 Å². The van der Waals surface area contributed by atoms with E-state index in [-0.39, 0.29) is 5.82 Å². The summed E-state index contributed by atoms with van der Waals surface area (Å²) in [6.45, 7) is 3.47. The summed E-state index contributed by atoms with van der Waals surface area (Å²) in [5.41, 5.74) is 2.52. The summed E-state index contributed by atoms with van der Waals surface area (Å²) in [5.74, 6) is -2.20. The maximum absolute atomic E-state index is 13.2. The van der Waals surface area contributed by atoms with Gasteiger partial charge in [-0.2, -0.15) is 0 Å². The van der Waals surface area contributed by atoms with Gasteiger partial charge >= 0.3 is 0 Å². The summed E-state index contributed by atoms with van der Waals surface area (Å²) in [6.07, 6.45) is 0. The summed E-state index contributed by atoms with van der Waals surface area (Å²) < 4.78 is 39.4. The highest BCUT2D eigenvalue weighted by Gasteiger charge is 2.18. The second-order valence-electron chi connectivity index (χ2n) is 4.49. The molecular formula is C15H12ClF3. The third-order valence-electron chi connectivity index (χ3n) is 3.05. The van der Waals surface area contributed by atoms with Crippen molar-refractivity contribution >= 4 is 11.6 Å². The average Bonchev–Trinajstić information content (AvgIpc) is 2.31. The lowest BCUT2D eigenvalue weighted by Crippen LogP contribution is -2.01. The summed E-state index contributed by atoms with van der Waals surface area (Å²) in [5, 5.41) is -0.643. The van der Waals surface area contributed by atoms with Crippen LogP contribution in [0.5, 0.6) is 0 Å². The van der Waals surface area contributed by atoms with E-state index in [2.05, 4.69) is 0 Å². The number of halogens is 4. The van der Waals surface area contributed by atoms with Crippen LogP contribution in [-0.2, 0) is 0 Å². The predicted molar refractivity (Wildman–Crippen MR) is 69.9 cm³/mol. The summed E-state index contributed by atoms with van der Waals surface area (Å²) >= 11 is 6.31. The van der Waals surface area contributed by atoms with Gasteiger partial charge in [-0.05, 0) is 60.4 Å². The maximum atomic E-state index is 13.2. The fourth-order valence-electron chi connectivity index (χ4n) is 2.16. The van der Waals surface area contributed by atoms with Gasteiger partial charge in [-0.15, -0.1) is 11.6 Å². The van der Waals surface area contributed by atoms with Crippen LogP contribution >= 0.6 is 11.6 Å². The largest absolute Gasteiger partial charge is 0.207 e. The van der Waals surface area contributed by atoms with Crippen molar-refractivity contribution in [1.82, 2.24) is 0 Å². The van der Waals surface area contributed by atoms with E-state index in [9.17, 15) is 13.2 Å². The van der Waals surface area contributed by atoms with Gasteiger partial charge in [-0.1, -0.05) is 6.07 Å². The topological polar surface area (TPSA) is 0 Å². The lowest BCUT2D eigenvalue weighted by molar-refractivity contribution is 0.507. The average molecular weight is 285 g/mol. The van der Waals surface area contributed by atoms with E-state index in [1.807, 2.05) is 0 Å². The first-order valence-electron chi connectivity index (χ1n) is 5.76. The molecule has 1 unspecified atom stereocenters. The summed E-state index contributed by atoms with van der Waals surface area (Å²) in [7, 11) is 0. The van der Waals surface area contributed by atoms with Crippen LogP contribution in [0.25, 0.3) is 0 Å². The molecule has 1 atom stereocenters. The molecule has 0 spiro atoms. The molecule has 100 valence electrons. The van der Waals surface area contributed by atoms with E-state index in [0.29, 0.717) is 22.3 Å². The maximum Gasteiger partial charge on any atom is 0.159 e. The zero-order chi connectivity index (χ0) is 14.2. The minimum absolute atomic E-state index is 0.340. The van der Waals surface area contributed by atoms with Gasteiger partial charge in [-0.25, -0.2) is 13.2 Å². The second kappa shape index (κ2) is 5.25. The molecule has 19 heavy (non-hydrogen) atoms. The van der Waals surface area contributed by atoms with Crippen molar-refractivity contribution in [2.45, 2.75) is 19.2 Å². The molecular weight excluding hydrogens is 273 g/mol. The van der Waals surface area contributed by atoms with Gasteiger partial charge in [0.05, 0.1) is 5.38 Å². The molecule has 4 heteroatoms. The molecule has 0 fully saturated rings. The summed E-state index contributed by atoms with van der Waals surface area (Å²) in [4.78, 5) is 0. The van der Waals surface area contributed by atoms with E-state index >= 15 is 0 Å². The zero-order valence-electron chi connectivity index (χ0n) is 10.5. The van der Waals surface area contributed by atoms with Crippen LogP contribution in [0.2, 0.25) is 0 Å². The lowest BCUT2D eigenvalue weighted by atomic mass is 9.95. The van der Waals surface area contributed by atoms with Gasteiger partial charge in [0, 0.05) is 0 Å². The van der Waals surface area contributed by atoms with Crippen molar-refractivity contribution in [2.24, 2.45) is 0 Å². The third-order valence-corrected chi connectivity index (χ3v) is 3.52. The lowest BCUT2D eigenvalue weighted by Gasteiger charge is -2.16. The van der Waals surface area contributed by atoms with E-state index in [0.717, 1.165) is 12.1 Å². The first-order chi connectivity index (χ1) is 8.90. The van der Waals surface area contributed by atoms with Crippen molar-refractivity contribution in [3.63, 3.8) is 0 Å². The number of hydrogen-bond acceptors (Lipinski definition) is 0. The van der Waals surface area contributed by atoms with Crippen molar-refractivity contribution in [3.05, 3.63) is 70.0 Å². The molecule has 0 aliphatic rings. The molecule has 0 aliphatic carbocycles. The molecule has 0 aliphatic heterocycles. The van der Waals surface area contributed by atoms with Crippen LogP contribution in [0.1, 0.15) is 27.6 Å². The molecule has 0 saturated heterocycles. The van der Waals surface area contributed by atoms with Gasteiger partial charge in [0.15, 0.2) is 11.6 Å². The standard InChI is InChI=1S/C15H12ClF3/c1-8-5-11(17)6-9(2)14(8)15(16)10-3-4-12(18)13(19)7-10/h3-7,15H,1-2H3. The number of benzene rings is 2. The Morgan fingerprint density at radius 3 is 2.00 bits per heavy atom. The van der Waals surface area contributed by atoms with E-state index in [4.69, 9.17) is 11.6 Å². The highest BCUT2D eigenvalue weighted by Crippen LogP contribution is 2.34. The minimum atomic E-state index is -0.944. The van der Waals surface area contributed by atoms with Crippen LogP contribution in [0.15, 0.2) is 30.3 Å². The molecule has 0 aromatic heterocycles. The molecule has 2 aromatic carbocycles. The Morgan fingerprint density at radius 2 is 1.47 bits per heavy atom. The highest BCUT2D eigenvalue weighted by atomic mass is 35.5. The van der Waals surface area contributed by atoms with Gasteiger partial charge < -0.3 is 0 Å². The van der Waals surface area contributed by atoms with Gasteiger partial charge in [0.25, 0.3) is 0 Å². The van der Waals surface area contributed by atoms with E-state index in [1.54, 1.807) is 13.8 Å². The Kier molecular flexibility index (Phi) is 3.85. The molecule has 0 bridgehead atoms. The van der Waals surface area contributed by atoms with Crippen LogP contribution in [0.3, 0.4) is 0 Å². The Balaban J connectivity index is 2.49. The van der Waals surface area contributed by atoms with Gasteiger partial charge in [0.1, 0.15) is 5.82 Å². The summed E-state index contributed by atoms with van der Waals surface area (Å²) in [6, 6.07) is 6.27. The molecule has 0 N–H and O–H groups in total. The third kappa shape index (κ3) is 2.76. The second-order valence-corrected chi connectivity index (χ2v) is 4.93. The fourth-order valence-corrected chi connectivity index (χ4v) is 2.64. The monoisotopic (exact) mass is 284 g/mol. The molecule has 0 saturated carbocycles. The normalized spacial score (nSPS) is 12.5. The molecule has 2 rings (SSSR count). The SMILES string of the molecule is Cc1cc(F)cc(C)c1C(Cl)c1ccc(F)c(F)c1. The molecule has 0 nitrogen and oxygen atoms in total. The first kappa shape index (κ1) is 13.9. The van der Waals surface area contributed by atoms with E-state index < -0.39 is 17.0 Å². The minimum Gasteiger partial charge on any atom is -0.207 e. The fraction of sp³-hybridized carbons (Fsp3) is 0.200. The zero-order valence-corrected chi connectivity index (χ0v) is 11.2. The highest BCUT2D eigenvalue weighted by molar-refractivity contribution is 6.22. The number of aryl methyl sites for hydroxylation is 2. The van der Waals surface area contributed by atoms with Crippen molar-refractivity contribution in [3.8, 4) is 0 Å². The Bertz CT molecular complexity index is 600. The molecule has 2 aromatic rings. The number of rotatable bonds is 2. The number of hydrogen-bond donors (Lipinski definition) is 0. The molecule has 0 heterocycles. The Morgan fingerprint density at radius 1 is 0.895 bits per heavy atom. The van der Waals surface area contributed by atoms with Crippen molar-refractivity contribution in [2.75, 3.05) is 0 Å². The molecule has 0 amide bonds. The Labute approximate surface area is 114 Å².